The molecule has 0 aromatic carbocycles. The molecule has 0 atom stereocenters. The number of hydrogen-bond acceptors (Lipinski definition) is 0. The lowest BCUT2D eigenvalue weighted by molar-refractivity contribution is 1.48. The van der Waals surface area contributed by atoms with Crippen LogP contribution in [0.4, 0.5) is 0 Å². The normalized spacial score (nSPS) is 25.5. The number of hydrogen-bond donors (Lipinski definition) is 0. The van der Waals surface area contributed by atoms with E-state index in [1.165, 1.54) is 0 Å². The average molecular weight is 232 g/mol. The van der Waals surface area contributed by atoms with E-state index in [4.69, 9.17) is 11.6 Å². The SMILES string of the molecule is CC1=C(Cl)/C(Br)=C\C=C/C=C1. The molecule has 1 rings (SSSR count). The van der Waals surface area contributed by atoms with Crippen LogP contribution in [0.25, 0.3) is 0 Å². The summed E-state index contributed by atoms with van der Waals surface area (Å²) in [6, 6.07) is 0. The zero-order valence-electron chi connectivity index (χ0n) is 6.14. The topological polar surface area (TPSA) is 0 Å². The van der Waals surface area contributed by atoms with Crippen LogP contribution in [0.2, 0.25) is 0 Å². The summed E-state index contributed by atoms with van der Waals surface area (Å²) < 4.78 is 0.928. The molecule has 11 heavy (non-hydrogen) atoms. The van der Waals surface area contributed by atoms with Crippen molar-refractivity contribution >= 4 is 27.5 Å². The molecule has 0 aromatic rings. The summed E-state index contributed by atoms with van der Waals surface area (Å²) in [7, 11) is 0. The first-order chi connectivity index (χ1) is 5.22. The van der Waals surface area contributed by atoms with E-state index in [0.29, 0.717) is 0 Å². The molecule has 0 aliphatic heterocycles. The van der Waals surface area contributed by atoms with Crippen LogP contribution in [-0.2, 0) is 0 Å². The lowest BCUT2D eigenvalue weighted by Gasteiger charge is -2.00. The summed E-state index contributed by atoms with van der Waals surface area (Å²) in [6.45, 7) is 1.98. The van der Waals surface area contributed by atoms with Gasteiger partial charge in [-0.15, -0.1) is 0 Å². The molecule has 0 N–H and O–H groups in total. The second-order valence-corrected chi connectivity index (χ2v) is 3.49. The number of halogens is 2. The third-order valence-electron chi connectivity index (χ3n) is 1.37. The summed E-state index contributed by atoms with van der Waals surface area (Å²) in [5, 5.41) is 0.769. The van der Waals surface area contributed by atoms with Crippen molar-refractivity contribution in [3.8, 4) is 0 Å². The molecule has 0 saturated heterocycles. The third-order valence-corrected chi connectivity index (χ3v) is 2.76. The number of allylic oxidation sites excluding steroid dienone is 8. The highest BCUT2D eigenvalue weighted by Crippen LogP contribution is 2.25. The van der Waals surface area contributed by atoms with Crippen molar-refractivity contribution in [1.82, 2.24) is 0 Å². The highest BCUT2D eigenvalue weighted by atomic mass is 79.9. The number of rotatable bonds is 0. The Morgan fingerprint density at radius 2 is 2.00 bits per heavy atom. The quantitative estimate of drug-likeness (QED) is 0.593. The Bertz CT molecular complexity index is 269. The van der Waals surface area contributed by atoms with Gasteiger partial charge in [-0.05, 0) is 34.5 Å². The molecule has 0 aromatic heterocycles. The van der Waals surface area contributed by atoms with Gasteiger partial charge < -0.3 is 0 Å². The molecule has 2 heteroatoms. The van der Waals surface area contributed by atoms with Crippen LogP contribution < -0.4 is 0 Å². The van der Waals surface area contributed by atoms with Gasteiger partial charge in [-0.2, -0.15) is 0 Å². The van der Waals surface area contributed by atoms with E-state index in [2.05, 4.69) is 15.9 Å². The monoisotopic (exact) mass is 230 g/mol. The van der Waals surface area contributed by atoms with Crippen LogP contribution in [-0.4, -0.2) is 0 Å². The summed E-state index contributed by atoms with van der Waals surface area (Å²) in [5.41, 5.74) is 1.07. The first-order valence-electron chi connectivity index (χ1n) is 3.29. The average Bonchev–Trinajstić information content (AvgIpc) is 2.00. The van der Waals surface area contributed by atoms with E-state index >= 15 is 0 Å². The minimum Gasteiger partial charge on any atom is -0.0828 e. The Hall–Kier alpha value is -0.270. The Labute approximate surface area is 80.1 Å². The van der Waals surface area contributed by atoms with Gasteiger partial charge >= 0.3 is 0 Å². The Morgan fingerprint density at radius 1 is 1.27 bits per heavy atom. The zero-order chi connectivity index (χ0) is 8.27. The van der Waals surface area contributed by atoms with Gasteiger partial charge in [0, 0.05) is 4.48 Å². The zero-order valence-corrected chi connectivity index (χ0v) is 8.48. The Morgan fingerprint density at radius 3 is 2.73 bits per heavy atom. The molecule has 0 spiro atoms. The van der Waals surface area contributed by atoms with Gasteiger partial charge in [-0.3, -0.25) is 0 Å². The van der Waals surface area contributed by atoms with Crippen molar-refractivity contribution in [2.45, 2.75) is 6.92 Å². The van der Waals surface area contributed by atoms with Gasteiger partial charge in [0.1, 0.15) is 0 Å². The van der Waals surface area contributed by atoms with E-state index < -0.39 is 0 Å². The van der Waals surface area contributed by atoms with E-state index in [1.807, 2.05) is 37.3 Å². The molecule has 0 nitrogen and oxygen atoms in total. The van der Waals surface area contributed by atoms with Gasteiger partial charge in [0.05, 0.1) is 5.03 Å². The first kappa shape index (κ1) is 8.82. The van der Waals surface area contributed by atoms with Crippen LogP contribution in [0.1, 0.15) is 6.92 Å². The van der Waals surface area contributed by atoms with Crippen LogP contribution in [0.5, 0.6) is 0 Å². The van der Waals surface area contributed by atoms with E-state index in [1.54, 1.807) is 0 Å². The first-order valence-corrected chi connectivity index (χ1v) is 4.46. The van der Waals surface area contributed by atoms with Crippen molar-refractivity contribution in [3.05, 3.63) is 45.5 Å². The fourth-order valence-electron chi connectivity index (χ4n) is 0.739. The summed E-state index contributed by atoms with van der Waals surface area (Å²) in [6.07, 6.45) is 9.78. The van der Waals surface area contributed by atoms with E-state index in [9.17, 15) is 0 Å². The molecule has 0 fully saturated rings. The minimum atomic E-state index is 0.769. The van der Waals surface area contributed by atoms with Crippen LogP contribution >= 0.6 is 27.5 Å². The molecule has 1 aliphatic carbocycles. The van der Waals surface area contributed by atoms with Crippen LogP contribution in [0.3, 0.4) is 0 Å². The second-order valence-electron chi connectivity index (χ2n) is 2.26. The van der Waals surface area contributed by atoms with Crippen molar-refractivity contribution < 1.29 is 0 Å². The predicted molar refractivity (Wildman–Crippen MR) is 53.8 cm³/mol. The summed E-state index contributed by atoms with van der Waals surface area (Å²) in [4.78, 5) is 0. The Kier molecular flexibility index (Phi) is 3.16. The second kappa shape index (κ2) is 3.93. The van der Waals surface area contributed by atoms with Crippen molar-refractivity contribution in [3.63, 3.8) is 0 Å². The molecular weight excluding hydrogens is 223 g/mol. The minimum absolute atomic E-state index is 0.769. The predicted octanol–water partition coefficient (Wildman–Crippen LogP) is 3.90. The molecule has 0 amide bonds. The summed E-state index contributed by atoms with van der Waals surface area (Å²) in [5.74, 6) is 0. The van der Waals surface area contributed by atoms with Crippen molar-refractivity contribution in [1.29, 1.82) is 0 Å². The van der Waals surface area contributed by atoms with E-state index in [-0.39, 0.29) is 0 Å². The largest absolute Gasteiger partial charge is 0.0828 e. The lowest BCUT2D eigenvalue weighted by Crippen LogP contribution is -1.79. The van der Waals surface area contributed by atoms with Gasteiger partial charge in [-0.25, -0.2) is 0 Å². The smallest absolute Gasteiger partial charge is 0.0577 e. The Balaban J connectivity index is 3.07. The van der Waals surface area contributed by atoms with Crippen molar-refractivity contribution in [2.75, 3.05) is 0 Å². The molecule has 0 radical (unpaired) electrons. The van der Waals surface area contributed by atoms with Crippen LogP contribution in [0, 0.1) is 0 Å². The molecule has 58 valence electrons. The van der Waals surface area contributed by atoms with Crippen LogP contribution in [0.15, 0.2) is 45.5 Å². The molecule has 0 saturated carbocycles. The maximum absolute atomic E-state index is 5.97. The highest BCUT2D eigenvalue weighted by molar-refractivity contribution is 9.12. The fourth-order valence-corrected chi connectivity index (χ4v) is 1.33. The standard InChI is InChI=1S/C9H8BrCl/c1-7-5-3-2-4-6-8(10)9(7)11/h2-6H,1H3/b3-2?,4-2-,5-3?,6-4?,7-5?,8-6+,9-7?,9-8?. The lowest BCUT2D eigenvalue weighted by atomic mass is 10.2. The van der Waals surface area contributed by atoms with E-state index in [0.717, 1.165) is 15.1 Å². The van der Waals surface area contributed by atoms with Gasteiger partial charge in [-0.1, -0.05) is 35.9 Å². The molecule has 0 heterocycles. The third kappa shape index (κ3) is 2.35. The maximum Gasteiger partial charge on any atom is 0.0577 e. The highest BCUT2D eigenvalue weighted by Gasteiger charge is 2.00. The molecule has 0 unspecified atom stereocenters. The van der Waals surface area contributed by atoms with Crippen molar-refractivity contribution in [2.24, 2.45) is 0 Å². The summed E-state index contributed by atoms with van der Waals surface area (Å²) >= 11 is 9.34. The van der Waals surface area contributed by atoms with Gasteiger partial charge in [0.2, 0.25) is 0 Å². The van der Waals surface area contributed by atoms with Gasteiger partial charge in [0.15, 0.2) is 0 Å². The molecule has 0 bridgehead atoms. The maximum atomic E-state index is 5.97. The molecular formula is C9H8BrCl. The molecule has 1 aliphatic rings. The van der Waals surface area contributed by atoms with Gasteiger partial charge in [0.25, 0.3) is 0 Å². The fraction of sp³-hybridized carbons (Fsp3) is 0.111.